The van der Waals surface area contributed by atoms with Crippen molar-refractivity contribution >= 4 is 23.7 Å². The molecule has 0 unspecified atom stereocenters. The second kappa shape index (κ2) is 7.90. The van der Waals surface area contributed by atoms with Crippen LogP contribution in [0.15, 0.2) is 41.5 Å². The van der Waals surface area contributed by atoms with Crippen LogP contribution in [0.5, 0.6) is 17.2 Å². The summed E-state index contributed by atoms with van der Waals surface area (Å²) in [6.07, 6.45) is 1.69. The number of carbonyl (C=O) groups excluding carboxylic acids is 1. The lowest BCUT2D eigenvalue weighted by atomic mass is 10.1. The van der Waals surface area contributed by atoms with E-state index in [1.807, 2.05) is 13.0 Å². The first-order valence-electron chi connectivity index (χ1n) is 7.78. The van der Waals surface area contributed by atoms with Crippen molar-refractivity contribution in [1.82, 2.24) is 5.43 Å². The van der Waals surface area contributed by atoms with Gasteiger partial charge >= 0.3 is 0 Å². The van der Waals surface area contributed by atoms with Crippen molar-refractivity contribution in [2.75, 3.05) is 13.4 Å². The third-order valence-corrected chi connectivity index (χ3v) is 3.70. The first-order chi connectivity index (χ1) is 12.2. The SMILES string of the molecule is CCOc1ccc(Cl)cc1/C=N/NC(=O)Cc1ccc2c(c1)OCO2. The largest absolute Gasteiger partial charge is 0.493 e. The number of benzene rings is 2. The van der Waals surface area contributed by atoms with Crippen molar-refractivity contribution in [3.8, 4) is 17.2 Å². The Morgan fingerprint density at radius 3 is 2.96 bits per heavy atom. The summed E-state index contributed by atoms with van der Waals surface area (Å²) in [7, 11) is 0. The van der Waals surface area contributed by atoms with Crippen molar-refractivity contribution in [1.29, 1.82) is 0 Å². The number of ether oxygens (including phenoxy) is 3. The molecule has 2 aromatic rings. The maximum Gasteiger partial charge on any atom is 0.244 e. The lowest BCUT2D eigenvalue weighted by Gasteiger charge is -2.07. The monoisotopic (exact) mass is 360 g/mol. The zero-order chi connectivity index (χ0) is 17.6. The third kappa shape index (κ3) is 4.42. The Kier molecular flexibility index (Phi) is 5.40. The highest BCUT2D eigenvalue weighted by Gasteiger charge is 2.14. The predicted molar refractivity (Wildman–Crippen MR) is 94.6 cm³/mol. The average molecular weight is 361 g/mol. The first-order valence-corrected chi connectivity index (χ1v) is 8.16. The minimum Gasteiger partial charge on any atom is -0.493 e. The summed E-state index contributed by atoms with van der Waals surface area (Å²) in [6, 6.07) is 10.6. The topological polar surface area (TPSA) is 69.2 Å². The summed E-state index contributed by atoms with van der Waals surface area (Å²) in [5.74, 6) is 1.75. The van der Waals surface area contributed by atoms with Crippen LogP contribution in [0.4, 0.5) is 0 Å². The molecule has 1 amide bonds. The number of hydrogen-bond donors (Lipinski definition) is 1. The molecule has 0 spiro atoms. The van der Waals surface area contributed by atoms with Gasteiger partial charge in [0, 0.05) is 10.6 Å². The molecule has 3 rings (SSSR count). The van der Waals surface area contributed by atoms with Crippen molar-refractivity contribution < 1.29 is 19.0 Å². The Morgan fingerprint density at radius 1 is 1.28 bits per heavy atom. The van der Waals surface area contributed by atoms with Gasteiger partial charge in [-0.1, -0.05) is 17.7 Å². The first kappa shape index (κ1) is 17.1. The highest BCUT2D eigenvalue weighted by molar-refractivity contribution is 6.30. The van der Waals surface area contributed by atoms with Gasteiger partial charge in [0.1, 0.15) is 5.75 Å². The smallest absolute Gasteiger partial charge is 0.244 e. The quantitative estimate of drug-likeness (QED) is 0.634. The van der Waals surface area contributed by atoms with E-state index >= 15 is 0 Å². The van der Waals surface area contributed by atoms with Crippen LogP contribution < -0.4 is 19.6 Å². The molecule has 0 bridgehead atoms. The van der Waals surface area contributed by atoms with E-state index in [1.54, 1.807) is 30.3 Å². The summed E-state index contributed by atoms with van der Waals surface area (Å²) in [5.41, 5.74) is 4.00. The van der Waals surface area contributed by atoms with Gasteiger partial charge in [-0.2, -0.15) is 5.10 Å². The number of halogens is 1. The number of hydrazone groups is 1. The molecule has 0 saturated heterocycles. The molecular formula is C18H17ClN2O4. The van der Waals surface area contributed by atoms with E-state index < -0.39 is 0 Å². The van der Waals surface area contributed by atoms with Gasteiger partial charge in [-0.05, 0) is 42.8 Å². The average Bonchev–Trinajstić information content (AvgIpc) is 3.05. The number of fused-ring (bicyclic) bond motifs is 1. The van der Waals surface area contributed by atoms with Gasteiger partial charge in [0.25, 0.3) is 0 Å². The van der Waals surface area contributed by atoms with E-state index in [0.717, 1.165) is 5.56 Å². The summed E-state index contributed by atoms with van der Waals surface area (Å²) in [5, 5.41) is 4.54. The Hall–Kier alpha value is -2.73. The zero-order valence-electron chi connectivity index (χ0n) is 13.6. The molecule has 1 aliphatic rings. The summed E-state index contributed by atoms with van der Waals surface area (Å²) in [4.78, 5) is 12.0. The lowest BCUT2D eigenvalue weighted by molar-refractivity contribution is -0.120. The molecule has 7 heteroatoms. The molecule has 25 heavy (non-hydrogen) atoms. The summed E-state index contributed by atoms with van der Waals surface area (Å²) >= 11 is 5.99. The minimum absolute atomic E-state index is 0.182. The molecule has 0 atom stereocenters. The molecule has 0 fully saturated rings. The van der Waals surface area contributed by atoms with Gasteiger partial charge in [-0.3, -0.25) is 4.79 Å². The van der Waals surface area contributed by atoms with Crippen LogP contribution >= 0.6 is 11.6 Å². The van der Waals surface area contributed by atoms with E-state index in [0.29, 0.717) is 34.4 Å². The molecular weight excluding hydrogens is 344 g/mol. The molecule has 0 aliphatic carbocycles. The standard InChI is InChI=1S/C18H17ClN2O4/c1-2-23-15-6-4-14(19)9-13(15)10-20-21-18(22)8-12-3-5-16-17(7-12)25-11-24-16/h3-7,9-10H,2,8,11H2,1H3,(H,21,22)/b20-10+. The summed E-state index contributed by atoms with van der Waals surface area (Å²) in [6.45, 7) is 2.62. The summed E-state index contributed by atoms with van der Waals surface area (Å²) < 4.78 is 16.0. The molecule has 0 radical (unpaired) electrons. The van der Waals surface area contributed by atoms with E-state index in [1.165, 1.54) is 6.21 Å². The molecule has 1 N–H and O–H groups in total. The van der Waals surface area contributed by atoms with Gasteiger partial charge in [-0.15, -0.1) is 0 Å². The molecule has 1 heterocycles. The van der Waals surface area contributed by atoms with E-state index in [-0.39, 0.29) is 19.1 Å². The van der Waals surface area contributed by atoms with Crippen molar-refractivity contribution in [3.63, 3.8) is 0 Å². The zero-order valence-corrected chi connectivity index (χ0v) is 14.4. The molecule has 0 saturated carbocycles. The van der Waals surface area contributed by atoms with Gasteiger partial charge in [-0.25, -0.2) is 5.43 Å². The van der Waals surface area contributed by atoms with Crippen LogP contribution in [0.2, 0.25) is 5.02 Å². The Bertz CT molecular complexity index is 808. The maximum atomic E-state index is 12.0. The van der Waals surface area contributed by atoms with Gasteiger partial charge in [0.05, 0.1) is 19.2 Å². The van der Waals surface area contributed by atoms with Crippen LogP contribution in [-0.4, -0.2) is 25.5 Å². The van der Waals surface area contributed by atoms with Gasteiger partial charge in [0.15, 0.2) is 11.5 Å². The van der Waals surface area contributed by atoms with Gasteiger partial charge in [0.2, 0.25) is 12.7 Å². The normalized spacial score (nSPS) is 12.4. The van der Waals surface area contributed by atoms with Crippen LogP contribution in [0.3, 0.4) is 0 Å². The van der Waals surface area contributed by atoms with Gasteiger partial charge < -0.3 is 14.2 Å². The molecule has 1 aliphatic heterocycles. The van der Waals surface area contributed by atoms with Crippen LogP contribution in [-0.2, 0) is 11.2 Å². The molecule has 2 aromatic carbocycles. The number of rotatable bonds is 6. The van der Waals surface area contributed by atoms with E-state index in [2.05, 4.69) is 10.5 Å². The lowest BCUT2D eigenvalue weighted by Crippen LogP contribution is -2.19. The molecule has 130 valence electrons. The third-order valence-electron chi connectivity index (χ3n) is 3.47. The van der Waals surface area contributed by atoms with Crippen molar-refractivity contribution in [2.45, 2.75) is 13.3 Å². The van der Waals surface area contributed by atoms with E-state index in [9.17, 15) is 4.79 Å². The Labute approximate surface area is 150 Å². The second-order valence-electron chi connectivity index (χ2n) is 5.27. The highest BCUT2D eigenvalue weighted by Crippen LogP contribution is 2.32. The fourth-order valence-electron chi connectivity index (χ4n) is 2.36. The number of amides is 1. The maximum absolute atomic E-state index is 12.0. The van der Waals surface area contributed by atoms with Crippen LogP contribution in [0.25, 0.3) is 0 Å². The van der Waals surface area contributed by atoms with E-state index in [4.69, 9.17) is 25.8 Å². The predicted octanol–water partition coefficient (Wildman–Crippen LogP) is 3.16. The number of nitrogens with one attached hydrogen (secondary N) is 1. The Morgan fingerprint density at radius 2 is 2.12 bits per heavy atom. The number of nitrogens with zero attached hydrogens (tertiary/aromatic N) is 1. The fourth-order valence-corrected chi connectivity index (χ4v) is 2.54. The van der Waals surface area contributed by atoms with Crippen molar-refractivity contribution in [3.05, 3.63) is 52.5 Å². The number of hydrogen-bond acceptors (Lipinski definition) is 5. The Balaban J connectivity index is 1.60. The van der Waals surface area contributed by atoms with Crippen molar-refractivity contribution in [2.24, 2.45) is 5.10 Å². The molecule has 6 nitrogen and oxygen atoms in total. The fraction of sp³-hybridized carbons (Fsp3) is 0.222. The molecule has 0 aromatic heterocycles. The highest BCUT2D eigenvalue weighted by atomic mass is 35.5. The van der Waals surface area contributed by atoms with Crippen LogP contribution in [0.1, 0.15) is 18.1 Å². The minimum atomic E-state index is -0.241. The number of carbonyl (C=O) groups is 1. The second-order valence-corrected chi connectivity index (χ2v) is 5.71. The van der Waals surface area contributed by atoms with Crippen LogP contribution in [0, 0.1) is 0 Å².